The van der Waals surface area contributed by atoms with Crippen LogP contribution < -0.4 is 4.90 Å². The number of imide groups is 1. The number of amides is 2. The van der Waals surface area contributed by atoms with Crippen molar-refractivity contribution < 1.29 is 9.59 Å². The predicted molar refractivity (Wildman–Crippen MR) is 63.4 cm³/mol. The van der Waals surface area contributed by atoms with Crippen LogP contribution in [0.2, 0.25) is 0 Å². The van der Waals surface area contributed by atoms with Gasteiger partial charge in [-0.25, -0.2) is 4.90 Å². The van der Waals surface area contributed by atoms with Crippen LogP contribution in [0.1, 0.15) is 0 Å². The normalized spacial score (nSPS) is 14.9. The fourth-order valence-electron chi connectivity index (χ4n) is 1.93. The molecule has 1 aromatic carbocycles. The minimum Gasteiger partial charge on any atom is -0.269 e. The van der Waals surface area contributed by atoms with E-state index in [4.69, 9.17) is 0 Å². The molecule has 82 valence electrons. The Morgan fingerprint density at radius 1 is 1.00 bits per heavy atom. The Balaban J connectivity index is 2.24. The van der Waals surface area contributed by atoms with Gasteiger partial charge in [0.2, 0.25) is 0 Å². The Kier molecular flexibility index (Phi) is 2.01. The van der Waals surface area contributed by atoms with E-state index in [0.29, 0.717) is 5.69 Å². The van der Waals surface area contributed by atoms with E-state index in [1.165, 1.54) is 12.2 Å². The molecule has 0 aliphatic carbocycles. The maximum absolute atomic E-state index is 11.6. The lowest BCUT2D eigenvalue weighted by atomic mass is 10.1. The molecule has 1 aromatic heterocycles. The molecule has 0 fully saturated rings. The van der Waals surface area contributed by atoms with Gasteiger partial charge in [0.05, 0.1) is 5.69 Å². The third-order valence-electron chi connectivity index (χ3n) is 2.71. The van der Waals surface area contributed by atoms with E-state index in [-0.39, 0.29) is 11.8 Å². The topological polar surface area (TPSA) is 50.3 Å². The van der Waals surface area contributed by atoms with Crippen molar-refractivity contribution in [2.45, 2.75) is 0 Å². The molecule has 3 rings (SSSR count). The molecule has 0 spiro atoms. The molecule has 2 heterocycles. The van der Waals surface area contributed by atoms with Gasteiger partial charge >= 0.3 is 0 Å². The average molecular weight is 224 g/mol. The van der Waals surface area contributed by atoms with Gasteiger partial charge in [0, 0.05) is 29.9 Å². The molecule has 4 nitrogen and oxygen atoms in total. The van der Waals surface area contributed by atoms with E-state index in [2.05, 4.69) is 4.98 Å². The monoisotopic (exact) mass is 224 g/mol. The number of carbonyl (C=O) groups excluding carboxylic acids is 2. The molecule has 2 aromatic rings. The second-order valence-corrected chi connectivity index (χ2v) is 3.72. The largest absolute Gasteiger partial charge is 0.269 e. The van der Waals surface area contributed by atoms with E-state index in [9.17, 15) is 9.59 Å². The van der Waals surface area contributed by atoms with Crippen molar-refractivity contribution in [1.29, 1.82) is 0 Å². The number of pyridine rings is 1. The van der Waals surface area contributed by atoms with Crippen molar-refractivity contribution in [3.63, 3.8) is 0 Å². The summed E-state index contributed by atoms with van der Waals surface area (Å²) in [5.74, 6) is -0.627. The third-order valence-corrected chi connectivity index (χ3v) is 2.71. The van der Waals surface area contributed by atoms with E-state index in [1.807, 2.05) is 18.2 Å². The zero-order chi connectivity index (χ0) is 11.8. The molecule has 0 radical (unpaired) electrons. The fourth-order valence-corrected chi connectivity index (χ4v) is 1.93. The SMILES string of the molecule is O=C1C=CC(=O)N1c1cccc2ccncc12. The maximum Gasteiger partial charge on any atom is 0.258 e. The molecule has 0 saturated heterocycles. The Labute approximate surface area is 97.2 Å². The molecule has 0 bridgehead atoms. The summed E-state index contributed by atoms with van der Waals surface area (Å²) in [7, 11) is 0. The van der Waals surface area contributed by atoms with Gasteiger partial charge in [0.15, 0.2) is 0 Å². The van der Waals surface area contributed by atoms with Crippen molar-refractivity contribution in [2.24, 2.45) is 0 Å². The summed E-state index contributed by atoms with van der Waals surface area (Å²) in [6, 6.07) is 7.32. The lowest BCUT2D eigenvalue weighted by Crippen LogP contribution is -2.29. The first-order valence-electron chi connectivity index (χ1n) is 5.16. The third kappa shape index (κ3) is 1.42. The Hall–Kier alpha value is -2.49. The Morgan fingerprint density at radius 3 is 2.53 bits per heavy atom. The summed E-state index contributed by atoms with van der Waals surface area (Å²) in [6.45, 7) is 0. The number of fused-ring (bicyclic) bond motifs is 1. The number of hydrogen-bond donors (Lipinski definition) is 0. The van der Waals surface area contributed by atoms with Gasteiger partial charge in [0.1, 0.15) is 0 Å². The van der Waals surface area contributed by atoms with Crippen LogP contribution in [0.3, 0.4) is 0 Å². The van der Waals surface area contributed by atoms with Gasteiger partial charge in [-0.05, 0) is 17.5 Å². The zero-order valence-corrected chi connectivity index (χ0v) is 8.83. The van der Waals surface area contributed by atoms with Gasteiger partial charge in [-0.15, -0.1) is 0 Å². The number of anilines is 1. The van der Waals surface area contributed by atoms with Crippen molar-refractivity contribution in [3.05, 3.63) is 48.8 Å². The standard InChI is InChI=1S/C13H8N2O2/c16-12-4-5-13(17)15(12)11-3-1-2-9-6-7-14-8-10(9)11/h1-8H. The highest BCUT2D eigenvalue weighted by Crippen LogP contribution is 2.27. The average Bonchev–Trinajstić information content (AvgIpc) is 2.69. The number of carbonyl (C=O) groups is 2. The van der Waals surface area contributed by atoms with Crippen LogP contribution in [0.4, 0.5) is 5.69 Å². The van der Waals surface area contributed by atoms with Gasteiger partial charge in [-0.1, -0.05) is 12.1 Å². The molecule has 0 atom stereocenters. The molecule has 17 heavy (non-hydrogen) atoms. The molecule has 2 amide bonds. The smallest absolute Gasteiger partial charge is 0.258 e. The molecule has 0 unspecified atom stereocenters. The Bertz CT molecular complexity index is 638. The van der Waals surface area contributed by atoms with E-state index in [1.54, 1.807) is 18.5 Å². The molecule has 0 saturated carbocycles. The summed E-state index contributed by atoms with van der Waals surface area (Å²) in [4.78, 5) is 28.4. The maximum atomic E-state index is 11.6. The number of benzene rings is 1. The van der Waals surface area contributed by atoms with Crippen LogP contribution in [0, 0.1) is 0 Å². The van der Waals surface area contributed by atoms with Gasteiger partial charge in [-0.2, -0.15) is 0 Å². The predicted octanol–water partition coefficient (Wildman–Crippen LogP) is 1.66. The number of nitrogens with zero attached hydrogens (tertiary/aromatic N) is 2. The molecular weight excluding hydrogens is 216 g/mol. The summed E-state index contributed by atoms with van der Waals surface area (Å²) in [6.07, 6.45) is 5.89. The summed E-state index contributed by atoms with van der Waals surface area (Å²) in [5, 5.41) is 1.74. The first kappa shape index (κ1) is 9.72. The lowest BCUT2D eigenvalue weighted by molar-refractivity contribution is -0.119. The molecular formula is C13H8N2O2. The van der Waals surface area contributed by atoms with Crippen LogP contribution in [0.15, 0.2) is 48.8 Å². The quantitative estimate of drug-likeness (QED) is 0.692. The number of rotatable bonds is 1. The van der Waals surface area contributed by atoms with Crippen molar-refractivity contribution in [2.75, 3.05) is 4.90 Å². The molecule has 4 heteroatoms. The zero-order valence-electron chi connectivity index (χ0n) is 8.83. The van der Waals surface area contributed by atoms with Crippen molar-refractivity contribution in [1.82, 2.24) is 4.98 Å². The first-order valence-corrected chi connectivity index (χ1v) is 5.16. The van der Waals surface area contributed by atoms with Crippen LogP contribution in [0.5, 0.6) is 0 Å². The second-order valence-electron chi connectivity index (χ2n) is 3.72. The van der Waals surface area contributed by atoms with E-state index in [0.717, 1.165) is 15.7 Å². The Morgan fingerprint density at radius 2 is 1.76 bits per heavy atom. The van der Waals surface area contributed by atoms with Crippen LogP contribution in [-0.4, -0.2) is 16.8 Å². The lowest BCUT2D eigenvalue weighted by Gasteiger charge is -2.15. The highest BCUT2D eigenvalue weighted by atomic mass is 16.2. The molecule has 1 aliphatic rings. The molecule has 0 N–H and O–H groups in total. The van der Waals surface area contributed by atoms with E-state index >= 15 is 0 Å². The van der Waals surface area contributed by atoms with Crippen LogP contribution in [0.25, 0.3) is 10.8 Å². The number of hydrogen-bond acceptors (Lipinski definition) is 3. The summed E-state index contributed by atoms with van der Waals surface area (Å²) >= 11 is 0. The summed E-state index contributed by atoms with van der Waals surface area (Å²) < 4.78 is 0. The highest BCUT2D eigenvalue weighted by molar-refractivity contribution is 6.30. The fraction of sp³-hybridized carbons (Fsp3) is 0. The van der Waals surface area contributed by atoms with Gasteiger partial charge in [0.25, 0.3) is 11.8 Å². The van der Waals surface area contributed by atoms with Crippen molar-refractivity contribution in [3.8, 4) is 0 Å². The summed E-state index contributed by atoms with van der Waals surface area (Å²) in [5.41, 5.74) is 0.579. The minimum absolute atomic E-state index is 0.314. The van der Waals surface area contributed by atoms with Crippen LogP contribution >= 0.6 is 0 Å². The second kappa shape index (κ2) is 3.52. The van der Waals surface area contributed by atoms with Crippen molar-refractivity contribution >= 4 is 28.3 Å². The molecule has 1 aliphatic heterocycles. The van der Waals surface area contributed by atoms with E-state index < -0.39 is 0 Å². The minimum atomic E-state index is -0.314. The highest BCUT2D eigenvalue weighted by Gasteiger charge is 2.26. The first-order chi connectivity index (χ1) is 8.27. The number of aromatic nitrogens is 1. The van der Waals surface area contributed by atoms with Gasteiger partial charge < -0.3 is 0 Å². The van der Waals surface area contributed by atoms with Gasteiger partial charge in [-0.3, -0.25) is 14.6 Å². The van der Waals surface area contributed by atoms with Crippen LogP contribution in [-0.2, 0) is 9.59 Å².